The van der Waals surface area contributed by atoms with Gasteiger partial charge in [-0.05, 0) is 13.0 Å². The Morgan fingerprint density at radius 3 is 2.74 bits per heavy atom. The van der Waals surface area contributed by atoms with Gasteiger partial charge in [0.2, 0.25) is 0 Å². The van der Waals surface area contributed by atoms with Crippen molar-refractivity contribution in [2.75, 3.05) is 44.2 Å². The molecule has 3 N–H and O–H groups in total. The normalized spacial score (nSPS) is 17.2. The molecule has 6 nitrogen and oxygen atoms in total. The van der Waals surface area contributed by atoms with Gasteiger partial charge in [0.05, 0.1) is 19.0 Å². The second-order valence-electron chi connectivity index (χ2n) is 4.53. The monoisotopic (exact) mass is 281 g/mol. The van der Waals surface area contributed by atoms with Gasteiger partial charge in [-0.3, -0.25) is 4.90 Å². The van der Waals surface area contributed by atoms with Crippen LogP contribution in [-0.2, 0) is 0 Å². The lowest BCUT2D eigenvalue weighted by Crippen LogP contribution is -2.32. The Hall–Kier alpha value is -1.31. The Balaban J connectivity index is 1.99. The summed E-state index contributed by atoms with van der Waals surface area (Å²) in [5.41, 5.74) is 6.06. The maximum Gasteiger partial charge on any atom is 0.147 e. The van der Waals surface area contributed by atoms with Crippen molar-refractivity contribution >= 4 is 23.0 Å². The van der Waals surface area contributed by atoms with E-state index in [9.17, 15) is 0 Å². The molecule has 0 aliphatic carbocycles. The standard InChI is InChI=1S/C12H19N5OS/c13-12(19)10-8-15-11(9-14-10)17-3-1-2-16(4-5-17)6-7-18/h8-9,18H,1-7H2,(H2,13,19). The SMILES string of the molecule is NC(=S)c1cnc(N2CCCN(CCO)CC2)cn1. The molecule has 0 spiro atoms. The predicted octanol–water partition coefficient (Wildman–Crippen LogP) is -0.385. The maximum absolute atomic E-state index is 8.97. The fraction of sp³-hybridized carbons (Fsp3) is 0.583. The first-order valence-corrected chi connectivity index (χ1v) is 6.81. The summed E-state index contributed by atoms with van der Waals surface area (Å²) in [6.45, 7) is 4.72. The van der Waals surface area contributed by atoms with Crippen molar-refractivity contribution in [2.24, 2.45) is 5.73 Å². The van der Waals surface area contributed by atoms with Crippen molar-refractivity contribution in [3.05, 3.63) is 18.1 Å². The summed E-state index contributed by atoms with van der Waals surface area (Å²) < 4.78 is 0. The summed E-state index contributed by atoms with van der Waals surface area (Å²) in [4.78, 5) is 13.3. The zero-order valence-electron chi connectivity index (χ0n) is 10.8. The molecule has 104 valence electrons. The van der Waals surface area contributed by atoms with Gasteiger partial charge in [0.1, 0.15) is 16.5 Å². The van der Waals surface area contributed by atoms with Crippen LogP contribution < -0.4 is 10.6 Å². The smallest absolute Gasteiger partial charge is 0.147 e. The van der Waals surface area contributed by atoms with Crippen molar-refractivity contribution in [3.8, 4) is 0 Å². The molecule has 2 rings (SSSR count). The third kappa shape index (κ3) is 3.82. The van der Waals surface area contributed by atoms with Crippen LogP contribution in [0.2, 0.25) is 0 Å². The highest BCUT2D eigenvalue weighted by atomic mass is 32.1. The molecule has 2 heterocycles. The zero-order chi connectivity index (χ0) is 13.7. The van der Waals surface area contributed by atoms with Crippen LogP contribution in [0, 0.1) is 0 Å². The quantitative estimate of drug-likeness (QED) is 0.728. The molecule has 1 aliphatic rings. The summed E-state index contributed by atoms with van der Waals surface area (Å²) in [5.74, 6) is 0.853. The Morgan fingerprint density at radius 1 is 1.26 bits per heavy atom. The summed E-state index contributed by atoms with van der Waals surface area (Å²) in [6.07, 6.45) is 4.39. The van der Waals surface area contributed by atoms with Gasteiger partial charge in [0, 0.05) is 26.2 Å². The second kappa shape index (κ2) is 6.74. The van der Waals surface area contributed by atoms with Gasteiger partial charge in [-0.2, -0.15) is 0 Å². The molecule has 0 bridgehead atoms. The largest absolute Gasteiger partial charge is 0.395 e. The van der Waals surface area contributed by atoms with Gasteiger partial charge in [0.25, 0.3) is 0 Å². The van der Waals surface area contributed by atoms with Crippen LogP contribution in [0.15, 0.2) is 12.4 Å². The summed E-state index contributed by atoms with van der Waals surface area (Å²) >= 11 is 4.86. The number of aliphatic hydroxyl groups excluding tert-OH is 1. The topological polar surface area (TPSA) is 78.5 Å². The highest BCUT2D eigenvalue weighted by Crippen LogP contribution is 2.12. The van der Waals surface area contributed by atoms with E-state index in [2.05, 4.69) is 19.8 Å². The van der Waals surface area contributed by atoms with Gasteiger partial charge in [0.15, 0.2) is 0 Å². The first-order valence-electron chi connectivity index (χ1n) is 6.40. The molecular formula is C12H19N5OS. The van der Waals surface area contributed by atoms with Gasteiger partial charge in [-0.25, -0.2) is 9.97 Å². The number of anilines is 1. The van der Waals surface area contributed by atoms with Crippen molar-refractivity contribution in [3.63, 3.8) is 0 Å². The Morgan fingerprint density at radius 2 is 2.11 bits per heavy atom. The minimum atomic E-state index is 0.211. The molecule has 0 aromatic carbocycles. The molecule has 1 saturated heterocycles. The lowest BCUT2D eigenvalue weighted by molar-refractivity contribution is 0.204. The summed E-state index contributed by atoms with van der Waals surface area (Å²) in [5, 5.41) is 8.97. The van der Waals surface area contributed by atoms with E-state index in [1.165, 1.54) is 0 Å². The van der Waals surface area contributed by atoms with E-state index in [1.54, 1.807) is 12.4 Å². The molecule has 1 aromatic heterocycles. The van der Waals surface area contributed by atoms with Gasteiger partial charge >= 0.3 is 0 Å². The van der Waals surface area contributed by atoms with E-state index in [4.69, 9.17) is 23.1 Å². The fourth-order valence-corrected chi connectivity index (χ4v) is 2.28. The lowest BCUT2D eigenvalue weighted by Gasteiger charge is -2.22. The molecule has 19 heavy (non-hydrogen) atoms. The highest BCUT2D eigenvalue weighted by molar-refractivity contribution is 7.80. The third-order valence-corrected chi connectivity index (χ3v) is 3.43. The average Bonchev–Trinajstić information content (AvgIpc) is 2.65. The van der Waals surface area contributed by atoms with Crippen LogP contribution in [-0.4, -0.2) is 64.3 Å². The van der Waals surface area contributed by atoms with Crippen LogP contribution in [0.5, 0.6) is 0 Å². The highest BCUT2D eigenvalue weighted by Gasteiger charge is 2.15. The van der Waals surface area contributed by atoms with Gasteiger partial charge < -0.3 is 15.7 Å². The Labute approximate surface area is 118 Å². The first-order chi connectivity index (χ1) is 9.20. The van der Waals surface area contributed by atoms with E-state index in [-0.39, 0.29) is 11.6 Å². The molecule has 0 unspecified atom stereocenters. The summed E-state index contributed by atoms with van der Waals surface area (Å²) in [6, 6.07) is 0. The molecule has 0 amide bonds. The number of aliphatic hydroxyl groups is 1. The molecule has 7 heteroatoms. The van der Waals surface area contributed by atoms with Gasteiger partial charge in [-0.15, -0.1) is 0 Å². The van der Waals surface area contributed by atoms with Crippen LogP contribution in [0.1, 0.15) is 12.1 Å². The van der Waals surface area contributed by atoms with E-state index in [1.807, 2.05) is 0 Å². The molecule has 0 saturated carbocycles. The molecule has 1 aromatic rings. The van der Waals surface area contributed by atoms with E-state index >= 15 is 0 Å². The van der Waals surface area contributed by atoms with Crippen molar-refractivity contribution in [1.82, 2.24) is 14.9 Å². The number of β-amino-alcohol motifs (C(OH)–C–C–N with tert-alkyl or cyclic N) is 1. The van der Waals surface area contributed by atoms with Crippen LogP contribution in [0.4, 0.5) is 5.82 Å². The van der Waals surface area contributed by atoms with Crippen LogP contribution in [0.25, 0.3) is 0 Å². The van der Waals surface area contributed by atoms with Crippen molar-refractivity contribution in [2.45, 2.75) is 6.42 Å². The van der Waals surface area contributed by atoms with Crippen molar-refractivity contribution < 1.29 is 5.11 Å². The number of thiocarbonyl (C=S) groups is 1. The number of nitrogens with zero attached hydrogens (tertiary/aromatic N) is 4. The van der Waals surface area contributed by atoms with Crippen LogP contribution in [0.3, 0.4) is 0 Å². The minimum absolute atomic E-state index is 0.211. The molecule has 1 fully saturated rings. The molecule has 0 atom stereocenters. The van der Waals surface area contributed by atoms with E-state index in [0.29, 0.717) is 5.69 Å². The maximum atomic E-state index is 8.97. The second-order valence-corrected chi connectivity index (χ2v) is 4.97. The van der Waals surface area contributed by atoms with Crippen LogP contribution >= 0.6 is 12.2 Å². The zero-order valence-corrected chi connectivity index (χ0v) is 11.6. The number of hydrogen-bond donors (Lipinski definition) is 2. The van der Waals surface area contributed by atoms with Crippen molar-refractivity contribution in [1.29, 1.82) is 0 Å². The Bertz CT molecular complexity index is 425. The number of aromatic nitrogens is 2. The van der Waals surface area contributed by atoms with E-state index in [0.717, 1.165) is 45.0 Å². The number of rotatable bonds is 4. The van der Waals surface area contributed by atoms with E-state index < -0.39 is 0 Å². The number of nitrogens with two attached hydrogens (primary N) is 1. The summed E-state index contributed by atoms with van der Waals surface area (Å²) in [7, 11) is 0. The fourth-order valence-electron chi connectivity index (χ4n) is 2.18. The average molecular weight is 281 g/mol. The minimum Gasteiger partial charge on any atom is -0.395 e. The van der Waals surface area contributed by atoms with Gasteiger partial charge in [-0.1, -0.05) is 12.2 Å². The molecular weight excluding hydrogens is 262 g/mol. The predicted molar refractivity (Wildman–Crippen MR) is 78.3 cm³/mol. The first kappa shape index (κ1) is 14.1. The third-order valence-electron chi connectivity index (χ3n) is 3.22. The molecule has 0 radical (unpaired) electrons. The number of hydrogen-bond acceptors (Lipinski definition) is 6. The molecule has 1 aliphatic heterocycles. The lowest BCUT2D eigenvalue weighted by atomic mass is 10.4. The Kier molecular flexibility index (Phi) is 5.00.